The molecule has 0 atom stereocenters. The molecule has 12 heavy (non-hydrogen) atoms. The monoisotopic (exact) mass is 156 g/mol. The van der Waals surface area contributed by atoms with Crippen LogP contribution in [0.5, 0.6) is 0 Å². The topological polar surface area (TPSA) is 0 Å². The molecule has 0 aliphatic rings. The number of benzene rings is 1. The fourth-order valence-corrected chi connectivity index (χ4v) is 1.10. The van der Waals surface area contributed by atoms with Gasteiger partial charge in [-0.05, 0) is 25.3 Å². The lowest BCUT2D eigenvalue weighted by Gasteiger charge is -1.98. The van der Waals surface area contributed by atoms with Gasteiger partial charge in [-0.2, -0.15) is 0 Å². The smallest absolute Gasteiger partial charge is 0.0967 e. The average molecular weight is 156 g/mol. The van der Waals surface area contributed by atoms with Crippen LogP contribution in [0.25, 0.3) is 0 Å². The highest BCUT2D eigenvalue weighted by Gasteiger charge is 1.89. The molecule has 0 saturated heterocycles. The average Bonchev–Trinajstić information content (AvgIpc) is 2.09. The molecule has 0 amide bonds. The second kappa shape index (κ2) is 4.81. The van der Waals surface area contributed by atoms with Crippen LogP contribution < -0.4 is 5.46 Å². The van der Waals surface area contributed by atoms with Crippen molar-refractivity contribution in [2.75, 3.05) is 0 Å². The van der Waals surface area contributed by atoms with E-state index in [1.165, 1.54) is 5.56 Å². The second-order valence-corrected chi connectivity index (χ2v) is 2.85. The van der Waals surface area contributed by atoms with Crippen LogP contribution in [0, 0.1) is 0 Å². The van der Waals surface area contributed by atoms with Gasteiger partial charge in [0.2, 0.25) is 0 Å². The van der Waals surface area contributed by atoms with Gasteiger partial charge in [-0.3, -0.25) is 0 Å². The van der Waals surface area contributed by atoms with Gasteiger partial charge >= 0.3 is 0 Å². The van der Waals surface area contributed by atoms with Crippen LogP contribution in [0.2, 0.25) is 0 Å². The molecule has 60 valence electrons. The minimum absolute atomic E-state index is 0.838. The normalized spacial score (nSPS) is 10.8. The predicted octanol–water partition coefficient (Wildman–Crippen LogP) is 1.99. The van der Waals surface area contributed by atoms with Gasteiger partial charge in [0.15, 0.2) is 0 Å². The van der Waals surface area contributed by atoms with Crippen molar-refractivity contribution in [2.24, 2.45) is 0 Å². The second-order valence-electron chi connectivity index (χ2n) is 2.85. The van der Waals surface area contributed by atoms with Crippen LogP contribution >= 0.6 is 0 Å². The van der Waals surface area contributed by atoms with Gasteiger partial charge < -0.3 is 0 Å². The van der Waals surface area contributed by atoms with Crippen molar-refractivity contribution < 1.29 is 0 Å². The van der Waals surface area contributed by atoms with Crippen LogP contribution in [0.3, 0.4) is 0 Å². The Bertz CT molecular complexity index is 246. The Labute approximate surface area is 75.7 Å². The van der Waals surface area contributed by atoms with Gasteiger partial charge in [0, 0.05) is 0 Å². The van der Waals surface area contributed by atoms with Crippen molar-refractivity contribution >= 4 is 13.3 Å². The lowest BCUT2D eigenvalue weighted by molar-refractivity contribution is 1.00. The Morgan fingerprint density at radius 1 is 1.25 bits per heavy atom. The Morgan fingerprint density at radius 3 is 2.50 bits per heavy atom. The number of aryl methyl sites for hydroxylation is 1. The number of rotatable bonds is 3. The third-order valence-electron chi connectivity index (χ3n) is 1.82. The summed E-state index contributed by atoms with van der Waals surface area (Å²) in [5.74, 6) is 0. The first-order valence-corrected chi connectivity index (χ1v) is 4.28. The van der Waals surface area contributed by atoms with E-state index in [9.17, 15) is 0 Å². The molecule has 1 heteroatoms. The number of hydrogen-bond donors (Lipinski definition) is 0. The van der Waals surface area contributed by atoms with Crippen molar-refractivity contribution in [1.29, 1.82) is 0 Å². The lowest BCUT2D eigenvalue weighted by atomic mass is 9.94. The first kappa shape index (κ1) is 9.12. The molecule has 0 aliphatic heterocycles. The molecule has 0 saturated carbocycles. The Hall–Kier alpha value is -0.975. The third-order valence-corrected chi connectivity index (χ3v) is 1.82. The van der Waals surface area contributed by atoms with Crippen molar-refractivity contribution in [1.82, 2.24) is 0 Å². The maximum atomic E-state index is 5.57. The third kappa shape index (κ3) is 2.95. The zero-order valence-electron chi connectivity index (χ0n) is 7.46. The minimum atomic E-state index is 0.838. The highest BCUT2D eigenvalue weighted by atomic mass is 13.9. The zero-order chi connectivity index (χ0) is 8.81. The van der Waals surface area contributed by atoms with E-state index in [2.05, 4.69) is 24.3 Å². The molecule has 1 rings (SSSR count). The summed E-state index contributed by atoms with van der Waals surface area (Å²) >= 11 is 0. The summed E-state index contributed by atoms with van der Waals surface area (Å²) in [7, 11) is 5.57. The molecule has 0 heterocycles. The van der Waals surface area contributed by atoms with E-state index >= 15 is 0 Å². The van der Waals surface area contributed by atoms with Crippen LogP contribution in [-0.2, 0) is 6.42 Å². The first-order chi connectivity index (χ1) is 5.83. The molecule has 0 nitrogen and oxygen atoms in total. The molecule has 0 bridgehead atoms. The van der Waals surface area contributed by atoms with Crippen LogP contribution in [0.1, 0.15) is 18.9 Å². The van der Waals surface area contributed by atoms with Gasteiger partial charge in [-0.1, -0.05) is 41.9 Å². The summed E-state index contributed by atoms with van der Waals surface area (Å²) in [5.41, 5.74) is 2.19. The van der Waals surface area contributed by atoms with E-state index < -0.39 is 0 Å². The Kier molecular flexibility index (Phi) is 3.66. The Morgan fingerprint density at radius 2 is 1.92 bits per heavy atom. The quantitative estimate of drug-likeness (QED) is 0.463. The van der Waals surface area contributed by atoms with Gasteiger partial charge in [-0.15, -0.1) is 0 Å². The lowest BCUT2D eigenvalue weighted by Crippen LogP contribution is -2.00. The maximum absolute atomic E-state index is 5.57. The largest absolute Gasteiger partial charge is 0.113 e. The maximum Gasteiger partial charge on any atom is 0.113 e. The summed E-state index contributed by atoms with van der Waals surface area (Å²) in [6.07, 6.45) is 6.47. The number of allylic oxidation sites excluding steroid dienone is 2. The summed E-state index contributed by atoms with van der Waals surface area (Å²) in [6, 6.07) is 8.06. The SMILES string of the molecule is [B]c1ccc(CC/C=C/C)cc1. The van der Waals surface area contributed by atoms with E-state index in [4.69, 9.17) is 7.85 Å². The molecule has 0 unspecified atom stereocenters. The van der Waals surface area contributed by atoms with Crippen molar-refractivity contribution in [3.05, 3.63) is 42.0 Å². The van der Waals surface area contributed by atoms with Crippen LogP contribution in [0.15, 0.2) is 36.4 Å². The summed E-state index contributed by atoms with van der Waals surface area (Å²) in [6.45, 7) is 2.04. The Balaban J connectivity index is 2.47. The van der Waals surface area contributed by atoms with Gasteiger partial charge in [-0.25, -0.2) is 0 Å². The zero-order valence-corrected chi connectivity index (χ0v) is 7.46. The molecule has 0 spiro atoms. The van der Waals surface area contributed by atoms with E-state index in [1.54, 1.807) is 0 Å². The highest BCUT2D eigenvalue weighted by Crippen LogP contribution is 2.01. The predicted molar refractivity (Wildman–Crippen MR) is 55.0 cm³/mol. The highest BCUT2D eigenvalue weighted by molar-refractivity contribution is 6.32. The van der Waals surface area contributed by atoms with E-state index in [1.807, 2.05) is 19.1 Å². The molecular formula is C11H13B. The molecule has 0 aromatic heterocycles. The van der Waals surface area contributed by atoms with Crippen molar-refractivity contribution in [3.63, 3.8) is 0 Å². The van der Waals surface area contributed by atoms with Gasteiger partial charge in [0.25, 0.3) is 0 Å². The van der Waals surface area contributed by atoms with E-state index in [0.717, 1.165) is 18.3 Å². The molecular weight excluding hydrogens is 143 g/mol. The molecule has 1 aromatic rings. The van der Waals surface area contributed by atoms with Gasteiger partial charge in [0.05, 0.1) is 0 Å². The minimum Gasteiger partial charge on any atom is -0.0967 e. The van der Waals surface area contributed by atoms with E-state index in [-0.39, 0.29) is 0 Å². The van der Waals surface area contributed by atoms with Crippen LogP contribution in [-0.4, -0.2) is 7.85 Å². The molecule has 0 N–H and O–H groups in total. The van der Waals surface area contributed by atoms with Gasteiger partial charge in [0.1, 0.15) is 7.85 Å². The standard InChI is InChI=1S/C11H13B/c1-2-3-4-5-10-6-8-11(12)9-7-10/h2-3,6-9H,4-5H2,1H3/b3-2+. The molecule has 1 aromatic carbocycles. The fraction of sp³-hybridized carbons (Fsp3) is 0.273. The first-order valence-electron chi connectivity index (χ1n) is 4.28. The molecule has 2 radical (unpaired) electrons. The van der Waals surface area contributed by atoms with Crippen LogP contribution in [0.4, 0.5) is 0 Å². The molecule has 0 fully saturated rings. The summed E-state index contributed by atoms with van der Waals surface area (Å²) in [4.78, 5) is 0. The fourth-order valence-electron chi connectivity index (χ4n) is 1.10. The van der Waals surface area contributed by atoms with Crippen molar-refractivity contribution in [3.8, 4) is 0 Å². The summed E-state index contributed by atoms with van der Waals surface area (Å²) in [5, 5.41) is 0. The number of hydrogen-bond acceptors (Lipinski definition) is 0. The molecule has 0 aliphatic carbocycles. The van der Waals surface area contributed by atoms with E-state index in [0.29, 0.717) is 0 Å². The van der Waals surface area contributed by atoms with Crippen molar-refractivity contribution in [2.45, 2.75) is 19.8 Å². The summed E-state index contributed by atoms with van der Waals surface area (Å²) < 4.78 is 0.